The molecule has 2 aromatic heterocycles. The highest BCUT2D eigenvalue weighted by Crippen LogP contribution is 2.34. The third-order valence-corrected chi connectivity index (χ3v) is 4.51. The molecule has 0 fully saturated rings. The second kappa shape index (κ2) is 7.38. The molecule has 0 saturated carbocycles. The highest BCUT2D eigenvalue weighted by atomic mass is 32.1. The zero-order valence-electron chi connectivity index (χ0n) is 13.9. The Morgan fingerprint density at radius 2 is 2.00 bits per heavy atom. The van der Waals surface area contributed by atoms with Gasteiger partial charge in [0.2, 0.25) is 0 Å². The molecule has 0 aliphatic heterocycles. The SMILES string of the molecule is CCOC(=O)c1cc([N+](=O)[O-])sc1NC(=O)c1cc2ccccc2oc1=O. The zero-order valence-corrected chi connectivity index (χ0v) is 14.7. The number of amides is 1. The quantitative estimate of drug-likeness (QED) is 0.307. The number of carbonyl (C=O) groups excluding carboxylic acids is 2. The molecule has 0 bridgehead atoms. The summed E-state index contributed by atoms with van der Waals surface area (Å²) in [6.45, 7) is 1.64. The molecule has 0 unspecified atom stereocenters. The summed E-state index contributed by atoms with van der Waals surface area (Å²) in [5.41, 5.74) is -1.00. The smallest absolute Gasteiger partial charge is 0.349 e. The Balaban J connectivity index is 1.98. The van der Waals surface area contributed by atoms with Gasteiger partial charge in [-0.25, -0.2) is 9.59 Å². The Kier molecular flexibility index (Phi) is 4.99. The Hall–Kier alpha value is -3.53. The molecule has 0 spiro atoms. The fourth-order valence-electron chi connectivity index (χ4n) is 2.31. The van der Waals surface area contributed by atoms with E-state index in [0.29, 0.717) is 22.3 Å². The Morgan fingerprint density at radius 3 is 2.70 bits per heavy atom. The van der Waals surface area contributed by atoms with Crippen molar-refractivity contribution < 1.29 is 23.7 Å². The minimum Gasteiger partial charge on any atom is -0.462 e. The number of rotatable bonds is 5. The molecule has 0 aliphatic carbocycles. The second-order valence-corrected chi connectivity index (χ2v) is 6.28. The highest BCUT2D eigenvalue weighted by Gasteiger charge is 2.25. The van der Waals surface area contributed by atoms with Crippen LogP contribution in [0.2, 0.25) is 0 Å². The molecule has 138 valence electrons. The number of fused-ring (bicyclic) bond motifs is 1. The van der Waals surface area contributed by atoms with E-state index in [1.807, 2.05) is 0 Å². The molecule has 0 radical (unpaired) electrons. The summed E-state index contributed by atoms with van der Waals surface area (Å²) >= 11 is 0.590. The molecule has 3 aromatic rings. The fraction of sp³-hybridized carbons (Fsp3) is 0.118. The number of benzene rings is 1. The van der Waals surface area contributed by atoms with Crippen LogP contribution in [0.15, 0.2) is 45.6 Å². The minimum absolute atomic E-state index is 0.0596. The van der Waals surface area contributed by atoms with Crippen LogP contribution in [-0.4, -0.2) is 23.4 Å². The summed E-state index contributed by atoms with van der Waals surface area (Å²) in [7, 11) is 0. The number of anilines is 1. The fourth-order valence-corrected chi connectivity index (χ4v) is 3.17. The first kappa shape index (κ1) is 18.3. The topological polar surface area (TPSA) is 129 Å². The van der Waals surface area contributed by atoms with Gasteiger partial charge < -0.3 is 14.5 Å². The van der Waals surface area contributed by atoms with E-state index in [4.69, 9.17) is 9.15 Å². The molecule has 0 aliphatic rings. The molecule has 0 atom stereocenters. The number of nitrogens with one attached hydrogen (secondary N) is 1. The van der Waals surface area contributed by atoms with Gasteiger partial charge in [0.15, 0.2) is 0 Å². The summed E-state index contributed by atoms with van der Waals surface area (Å²) in [5, 5.41) is 13.4. The third-order valence-electron chi connectivity index (χ3n) is 3.51. The number of esters is 1. The average Bonchev–Trinajstić information content (AvgIpc) is 3.05. The largest absolute Gasteiger partial charge is 0.462 e. The van der Waals surface area contributed by atoms with Crippen LogP contribution < -0.4 is 10.9 Å². The maximum Gasteiger partial charge on any atom is 0.349 e. The van der Waals surface area contributed by atoms with E-state index in [2.05, 4.69) is 5.32 Å². The number of carbonyl (C=O) groups is 2. The zero-order chi connectivity index (χ0) is 19.6. The van der Waals surface area contributed by atoms with Crippen LogP contribution in [0.4, 0.5) is 10.0 Å². The first-order chi connectivity index (χ1) is 12.9. The van der Waals surface area contributed by atoms with Crippen LogP contribution in [0.25, 0.3) is 11.0 Å². The van der Waals surface area contributed by atoms with Crippen LogP contribution >= 0.6 is 11.3 Å². The molecule has 3 rings (SSSR count). The predicted molar refractivity (Wildman–Crippen MR) is 97.4 cm³/mol. The molecule has 1 N–H and O–H groups in total. The van der Waals surface area contributed by atoms with Gasteiger partial charge >= 0.3 is 16.6 Å². The van der Waals surface area contributed by atoms with Gasteiger partial charge in [-0.3, -0.25) is 14.9 Å². The number of nitrogens with zero attached hydrogens (tertiary/aromatic N) is 1. The molecule has 27 heavy (non-hydrogen) atoms. The predicted octanol–water partition coefficient (Wildman–Crippen LogP) is 3.19. The molecule has 2 heterocycles. The summed E-state index contributed by atoms with van der Waals surface area (Å²) < 4.78 is 9.94. The van der Waals surface area contributed by atoms with E-state index in [1.54, 1.807) is 31.2 Å². The normalized spacial score (nSPS) is 10.6. The lowest BCUT2D eigenvalue weighted by Crippen LogP contribution is -2.21. The number of nitro groups is 1. The summed E-state index contributed by atoms with van der Waals surface area (Å²) in [5.74, 6) is -1.67. The van der Waals surface area contributed by atoms with Crippen molar-refractivity contribution in [3.8, 4) is 0 Å². The number of para-hydroxylation sites is 1. The first-order valence-corrected chi connectivity index (χ1v) is 8.52. The molecule has 0 saturated heterocycles. The van der Waals surface area contributed by atoms with Crippen LogP contribution in [-0.2, 0) is 4.74 Å². The number of hydrogen-bond donors (Lipinski definition) is 1. The molecule has 9 nitrogen and oxygen atoms in total. The molecular weight excluding hydrogens is 376 g/mol. The lowest BCUT2D eigenvalue weighted by atomic mass is 10.2. The number of ether oxygens (including phenoxy) is 1. The van der Waals surface area contributed by atoms with Gasteiger partial charge in [-0.15, -0.1) is 0 Å². The summed E-state index contributed by atoms with van der Waals surface area (Å²) in [6, 6.07) is 9.01. The molecule has 1 aromatic carbocycles. The average molecular weight is 388 g/mol. The van der Waals surface area contributed by atoms with E-state index < -0.39 is 22.4 Å². The molecule has 1 amide bonds. The van der Waals surface area contributed by atoms with Crippen LogP contribution in [0.3, 0.4) is 0 Å². The maximum absolute atomic E-state index is 12.5. The van der Waals surface area contributed by atoms with Crippen molar-refractivity contribution in [3.63, 3.8) is 0 Å². The van der Waals surface area contributed by atoms with Crippen molar-refractivity contribution in [3.05, 3.63) is 68.1 Å². The van der Waals surface area contributed by atoms with Crippen LogP contribution in [0.5, 0.6) is 0 Å². The lowest BCUT2D eigenvalue weighted by Gasteiger charge is -2.05. The van der Waals surface area contributed by atoms with Crippen LogP contribution in [0, 0.1) is 10.1 Å². The van der Waals surface area contributed by atoms with E-state index in [1.165, 1.54) is 6.07 Å². The van der Waals surface area contributed by atoms with Crippen molar-refractivity contribution in [1.82, 2.24) is 0 Å². The van der Waals surface area contributed by atoms with Crippen LogP contribution in [0.1, 0.15) is 27.6 Å². The van der Waals surface area contributed by atoms with Gasteiger partial charge in [-0.05, 0) is 30.4 Å². The van der Waals surface area contributed by atoms with Gasteiger partial charge in [0.1, 0.15) is 21.7 Å². The van der Waals surface area contributed by atoms with E-state index in [9.17, 15) is 24.5 Å². The molecular formula is C17H12N2O7S. The van der Waals surface area contributed by atoms with Gasteiger partial charge in [0, 0.05) is 11.5 Å². The van der Waals surface area contributed by atoms with Crippen molar-refractivity contribution in [2.24, 2.45) is 0 Å². The van der Waals surface area contributed by atoms with Crippen molar-refractivity contribution >= 4 is 44.2 Å². The monoisotopic (exact) mass is 388 g/mol. The number of hydrogen-bond acceptors (Lipinski definition) is 8. The summed E-state index contributed by atoms with van der Waals surface area (Å²) in [6.07, 6.45) is 0. The highest BCUT2D eigenvalue weighted by molar-refractivity contribution is 7.19. The first-order valence-electron chi connectivity index (χ1n) is 7.70. The van der Waals surface area contributed by atoms with Crippen molar-refractivity contribution in [1.29, 1.82) is 0 Å². The summed E-state index contributed by atoms with van der Waals surface area (Å²) in [4.78, 5) is 46.9. The van der Waals surface area contributed by atoms with Gasteiger partial charge in [-0.1, -0.05) is 18.2 Å². The number of thiophene rings is 1. The lowest BCUT2D eigenvalue weighted by molar-refractivity contribution is -0.380. The maximum atomic E-state index is 12.5. The van der Waals surface area contributed by atoms with Crippen molar-refractivity contribution in [2.45, 2.75) is 6.92 Å². The van der Waals surface area contributed by atoms with Crippen molar-refractivity contribution in [2.75, 3.05) is 11.9 Å². The van der Waals surface area contributed by atoms with E-state index >= 15 is 0 Å². The third kappa shape index (κ3) is 3.70. The van der Waals surface area contributed by atoms with Gasteiger partial charge in [0.25, 0.3) is 5.91 Å². The molecule has 10 heteroatoms. The van der Waals surface area contributed by atoms with E-state index in [0.717, 1.165) is 6.07 Å². The van der Waals surface area contributed by atoms with E-state index in [-0.39, 0.29) is 27.7 Å². The standard InChI is InChI=1S/C17H12N2O7S/c1-2-25-16(21)11-8-13(19(23)24)27-15(11)18-14(20)10-7-9-5-3-4-6-12(9)26-17(10)22/h3-8H,2H2,1H3,(H,18,20). The Labute approximate surface area is 155 Å². The second-order valence-electron chi connectivity index (χ2n) is 5.24. The Morgan fingerprint density at radius 1 is 1.26 bits per heavy atom. The minimum atomic E-state index is -0.866. The Bertz CT molecular complexity index is 1120. The van der Waals surface area contributed by atoms with Gasteiger partial charge in [0.05, 0.1) is 11.5 Å². The van der Waals surface area contributed by atoms with Gasteiger partial charge in [-0.2, -0.15) is 0 Å².